The van der Waals surface area contributed by atoms with Crippen LogP contribution in [0.3, 0.4) is 0 Å². The monoisotopic (exact) mass is 850 g/mol. The second-order valence-corrected chi connectivity index (χ2v) is 17.8. The summed E-state index contributed by atoms with van der Waals surface area (Å²) in [6, 6.07) is 75.6. The van der Waals surface area contributed by atoms with Crippen LogP contribution in [0.2, 0.25) is 0 Å². The van der Waals surface area contributed by atoms with E-state index in [0.29, 0.717) is 11.4 Å². The van der Waals surface area contributed by atoms with Crippen LogP contribution in [0.4, 0.5) is 0 Å². The van der Waals surface area contributed by atoms with Gasteiger partial charge in [-0.25, -0.2) is 0 Å². The van der Waals surface area contributed by atoms with E-state index in [0.717, 1.165) is 11.1 Å². The minimum Gasteiger partial charge on any atom is -0.398 e. The lowest BCUT2D eigenvalue weighted by molar-refractivity contribution is 1.17. The molecule has 4 nitrogen and oxygen atoms in total. The van der Waals surface area contributed by atoms with Crippen LogP contribution in [0, 0.1) is 12.3 Å². The molecule has 4 aromatic heterocycles. The van der Waals surface area contributed by atoms with Crippen molar-refractivity contribution in [2.45, 2.75) is 6.92 Å². The molecule has 3 N–H and O–H groups in total. The van der Waals surface area contributed by atoms with E-state index in [1.165, 1.54) is 102 Å². The van der Waals surface area contributed by atoms with Crippen molar-refractivity contribution in [2.24, 2.45) is 5.73 Å². The molecule has 0 aliphatic rings. The maximum Gasteiger partial charge on any atom is 0.0632 e. The van der Waals surface area contributed by atoms with Gasteiger partial charge in [0, 0.05) is 58.5 Å². The fourth-order valence-corrected chi connectivity index (χ4v) is 11.0. The van der Waals surface area contributed by atoms with E-state index < -0.39 is 0 Å². The number of benzene rings is 9. The molecule has 0 aliphatic carbocycles. The third-order valence-electron chi connectivity index (χ3n) is 12.8. The molecule has 0 amide bonds. The summed E-state index contributed by atoms with van der Waals surface area (Å²) in [6.45, 7) is 2.18. The fourth-order valence-electron chi connectivity index (χ4n) is 9.78. The molecule has 65 heavy (non-hydrogen) atoms. The van der Waals surface area contributed by atoms with E-state index in [1.54, 1.807) is 6.08 Å². The Balaban J connectivity index is 0.000000221. The number of fused-ring (bicyclic) bond motifs is 14. The van der Waals surface area contributed by atoms with Crippen molar-refractivity contribution < 1.29 is 0 Å². The van der Waals surface area contributed by atoms with E-state index >= 15 is 0 Å². The molecule has 0 spiro atoms. The maximum atomic E-state index is 7.95. The lowest BCUT2D eigenvalue weighted by atomic mass is 10.0. The first kappa shape index (κ1) is 38.4. The van der Waals surface area contributed by atoms with Crippen molar-refractivity contribution in [3.8, 4) is 16.8 Å². The average molecular weight is 851 g/mol. The zero-order valence-corrected chi connectivity index (χ0v) is 36.5. The predicted octanol–water partition coefficient (Wildman–Crippen LogP) is 15.9. The summed E-state index contributed by atoms with van der Waals surface area (Å²) in [5.74, 6) is 0. The number of nitrogens with one attached hydrogen (secondary N) is 1. The molecule has 13 rings (SSSR count). The molecule has 0 bridgehead atoms. The molecule has 0 unspecified atom stereocenters. The van der Waals surface area contributed by atoms with Gasteiger partial charge in [0.1, 0.15) is 0 Å². The number of para-hydroxylation sites is 1. The minimum atomic E-state index is 0.423. The van der Waals surface area contributed by atoms with Crippen LogP contribution < -0.4 is 5.73 Å². The summed E-state index contributed by atoms with van der Waals surface area (Å²) in [5, 5.41) is 18.3. The maximum absolute atomic E-state index is 7.95. The molecular weight excluding hydrogens is 809 g/mol. The highest BCUT2D eigenvalue weighted by Crippen LogP contribution is 2.43. The van der Waals surface area contributed by atoms with Gasteiger partial charge in [-0.2, -0.15) is 0 Å². The topological polar surface area (TPSA) is 59.2 Å². The summed E-state index contributed by atoms with van der Waals surface area (Å²) in [5.41, 5.74) is 19.9. The summed E-state index contributed by atoms with van der Waals surface area (Å²) < 4.78 is 7.61. The molecule has 5 heteroatoms. The molecule has 13 aromatic rings. The molecule has 308 valence electrons. The molecule has 0 fully saturated rings. The van der Waals surface area contributed by atoms with Gasteiger partial charge in [0.2, 0.25) is 0 Å². The number of aryl methyl sites for hydroxylation is 1. The number of nitrogens with zero attached hydrogens (tertiary/aromatic N) is 2. The standard InChI is InChI=1S/C45H28N2S.C15H14N2/c1-27-10-8-11-30(22-27)46-40-21-20-28(31-16-9-17-36-35-15-5-7-19-44(35)48-45(31)36)23-37(40)38-24-29-25-42-34-14-3-2-12-32(34)33-13-4-6-18-39(33)47(42)41(29)26-43(38)46;16-14(12-7-3-1-4-8-12)11-15(17)13-9-5-2-6-10-13/h2-26H,1H3;1-11,16H,17H2/b;15-11-,16-14?. The number of nitrogens with two attached hydrogens (primary N) is 1. The highest BCUT2D eigenvalue weighted by Gasteiger charge is 2.19. The van der Waals surface area contributed by atoms with Crippen LogP contribution in [-0.2, 0) is 0 Å². The first-order valence-corrected chi connectivity index (χ1v) is 22.8. The summed E-state index contributed by atoms with van der Waals surface area (Å²) >= 11 is 1.89. The zero-order chi connectivity index (χ0) is 43.6. The van der Waals surface area contributed by atoms with E-state index in [4.69, 9.17) is 11.1 Å². The first-order chi connectivity index (χ1) is 32.0. The number of pyridine rings is 1. The summed E-state index contributed by atoms with van der Waals surface area (Å²) in [6.07, 6.45) is 1.69. The smallest absolute Gasteiger partial charge is 0.0632 e. The van der Waals surface area contributed by atoms with Crippen LogP contribution >= 0.6 is 11.3 Å². The number of hydrogen-bond donors (Lipinski definition) is 2. The van der Waals surface area contributed by atoms with Gasteiger partial charge in [0.05, 0.1) is 33.3 Å². The van der Waals surface area contributed by atoms with E-state index in [9.17, 15) is 0 Å². The Kier molecular flexibility index (Phi) is 9.18. The predicted molar refractivity (Wildman–Crippen MR) is 279 cm³/mol. The summed E-state index contributed by atoms with van der Waals surface area (Å²) in [4.78, 5) is 0. The van der Waals surface area contributed by atoms with Crippen molar-refractivity contribution in [3.63, 3.8) is 0 Å². The van der Waals surface area contributed by atoms with Crippen molar-refractivity contribution in [1.29, 1.82) is 5.41 Å². The average Bonchev–Trinajstić information content (AvgIpc) is 4.03. The largest absolute Gasteiger partial charge is 0.398 e. The second-order valence-electron chi connectivity index (χ2n) is 16.8. The van der Waals surface area contributed by atoms with Gasteiger partial charge in [-0.3, -0.25) is 0 Å². The molecule has 9 aromatic carbocycles. The third-order valence-corrected chi connectivity index (χ3v) is 14.0. The van der Waals surface area contributed by atoms with Gasteiger partial charge >= 0.3 is 0 Å². The lowest BCUT2D eigenvalue weighted by Gasteiger charge is -2.11. The quantitative estimate of drug-likeness (QED) is 0.132. The van der Waals surface area contributed by atoms with Crippen LogP contribution in [0.15, 0.2) is 218 Å². The highest BCUT2D eigenvalue weighted by molar-refractivity contribution is 7.26. The first-order valence-electron chi connectivity index (χ1n) is 22.0. The number of allylic oxidation sites excluding steroid dienone is 1. The molecule has 4 heterocycles. The van der Waals surface area contributed by atoms with E-state index in [2.05, 4.69) is 168 Å². The molecule has 0 radical (unpaired) electrons. The number of hydrogen-bond acceptors (Lipinski definition) is 3. The van der Waals surface area contributed by atoms with Gasteiger partial charge in [-0.1, -0.05) is 158 Å². The normalized spacial score (nSPS) is 12.0. The van der Waals surface area contributed by atoms with Gasteiger partial charge in [-0.05, 0) is 101 Å². The Morgan fingerprint density at radius 2 is 1.12 bits per heavy atom. The number of rotatable bonds is 5. The Morgan fingerprint density at radius 1 is 0.477 bits per heavy atom. The van der Waals surface area contributed by atoms with Gasteiger partial charge in [-0.15, -0.1) is 11.3 Å². The van der Waals surface area contributed by atoms with Gasteiger partial charge < -0.3 is 20.1 Å². The SMILES string of the molecule is Cc1cccc(-n2c3ccc(-c4cccc5c4sc4ccccc45)cc3c3cc4cc5c6ccccc6c6ccccc6n5c4cc32)c1.N=C(/C=C(\N)c1ccccc1)c1ccccc1. The van der Waals surface area contributed by atoms with Gasteiger partial charge in [0.25, 0.3) is 0 Å². The van der Waals surface area contributed by atoms with E-state index in [-0.39, 0.29) is 0 Å². The van der Waals surface area contributed by atoms with Crippen LogP contribution in [-0.4, -0.2) is 14.7 Å². The fraction of sp³-hybridized carbons (Fsp3) is 0.0167. The molecule has 0 atom stereocenters. The van der Waals surface area contributed by atoms with Crippen molar-refractivity contribution in [3.05, 3.63) is 235 Å². The molecular formula is C60H42N4S. The number of thiophene rings is 1. The molecule has 0 aliphatic heterocycles. The highest BCUT2D eigenvalue weighted by atomic mass is 32.1. The molecule has 0 saturated heterocycles. The third kappa shape index (κ3) is 6.47. The Labute approximate surface area is 379 Å². The van der Waals surface area contributed by atoms with Crippen LogP contribution in [0.25, 0.3) is 103 Å². The van der Waals surface area contributed by atoms with Crippen molar-refractivity contribution in [1.82, 2.24) is 8.97 Å². The zero-order valence-electron chi connectivity index (χ0n) is 35.7. The molecule has 0 saturated carbocycles. The van der Waals surface area contributed by atoms with Crippen molar-refractivity contribution in [2.75, 3.05) is 0 Å². The Bertz CT molecular complexity index is 4040. The van der Waals surface area contributed by atoms with Crippen LogP contribution in [0.5, 0.6) is 0 Å². The second kappa shape index (κ2) is 15.5. The number of aromatic nitrogens is 2. The van der Waals surface area contributed by atoms with Crippen LogP contribution in [0.1, 0.15) is 16.7 Å². The van der Waals surface area contributed by atoms with E-state index in [1.807, 2.05) is 72.0 Å². The minimum absolute atomic E-state index is 0.423. The van der Waals surface area contributed by atoms with Gasteiger partial charge in [0.15, 0.2) is 0 Å². The Morgan fingerprint density at radius 3 is 1.91 bits per heavy atom. The lowest BCUT2D eigenvalue weighted by Crippen LogP contribution is -2.02. The van der Waals surface area contributed by atoms with Crippen molar-refractivity contribution >= 4 is 103 Å². The summed E-state index contributed by atoms with van der Waals surface area (Å²) in [7, 11) is 0. The Hall–Kier alpha value is -8.25.